The second-order valence-corrected chi connectivity index (χ2v) is 9.83. The number of carbonyl (C=O) groups excluding carboxylic acids is 1. The van der Waals surface area contributed by atoms with E-state index in [4.69, 9.17) is 9.15 Å². The molecule has 2 heterocycles. The number of hydrogen-bond donors (Lipinski definition) is 1. The van der Waals surface area contributed by atoms with Gasteiger partial charge < -0.3 is 19.4 Å². The van der Waals surface area contributed by atoms with Crippen LogP contribution in [0.4, 0.5) is 10.8 Å². The first-order valence-electron chi connectivity index (χ1n) is 13.7. The van der Waals surface area contributed by atoms with E-state index in [0.717, 1.165) is 62.8 Å². The van der Waals surface area contributed by atoms with Crippen LogP contribution in [0.2, 0.25) is 0 Å². The van der Waals surface area contributed by atoms with E-state index in [-0.39, 0.29) is 6.09 Å². The quantitative estimate of drug-likeness (QED) is 0.271. The molecule has 1 fully saturated rings. The lowest BCUT2D eigenvalue weighted by molar-refractivity contribution is 0.0876. The van der Waals surface area contributed by atoms with E-state index in [9.17, 15) is 4.79 Å². The summed E-state index contributed by atoms with van der Waals surface area (Å²) in [5.74, 6) is 0.507. The Hall–Kier alpha value is -2.24. The van der Waals surface area contributed by atoms with Crippen LogP contribution in [0, 0.1) is 5.92 Å². The zero-order valence-corrected chi connectivity index (χ0v) is 21.4. The molecule has 6 heteroatoms. The molecular formula is C28H45N3O3. The van der Waals surface area contributed by atoms with Crippen molar-refractivity contribution in [1.29, 1.82) is 0 Å². The number of amides is 1. The van der Waals surface area contributed by atoms with Crippen molar-refractivity contribution in [3.63, 3.8) is 0 Å². The number of carbonyl (C=O) groups is 1. The maximum atomic E-state index is 12.1. The lowest BCUT2D eigenvalue weighted by Crippen LogP contribution is -2.40. The SMILES string of the molecule is CCCCCCCCCCc1ccc2oc(NCC3CCN(C(=O)OCCCC)CC3)nc2c1. The van der Waals surface area contributed by atoms with Crippen LogP contribution in [0.3, 0.4) is 0 Å². The highest BCUT2D eigenvalue weighted by molar-refractivity contribution is 5.75. The number of aromatic nitrogens is 1. The number of piperidine rings is 1. The van der Waals surface area contributed by atoms with Gasteiger partial charge in [0.25, 0.3) is 6.01 Å². The van der Waals surface area contributed by atoms with Crippen LogP contribution >= 0.6 is 0 Å². The predicted molar refractivity (Wildman–Crippen MR) is 139 cm³/mol. The monoisotopic (exact) mass is 471 g/mol. The van der Waals surface area contributed by atoms with Crippen molar-refractivity contribution in [2.75, 3.05) is 31.6 Å². The molecule has 0 atom stereocenters. The molecule has 0 bridgehead atoms. The average Bonchev–Trinajstić information content (AvgIpc) is 3.27. The fourth-order valence-corrected chi connectivity index (χ4v) is 4.61. The largest absolute Gasteiger partial charge is 0.449 e. The van der Waals surface area contributed by atoms with Gasteiger partial charge in [-0.25, -0.2) is 4.79 Å². The number of hydrogen-bond acceptors (Lipinski definition) is 5. The van der Waals surface area contributed by atoms with Gasteiger partial charge in [-0.05, 0) is 55.7 Å². The fourth-order valence-electron chi connectivity index (χ4n) is 4.61. The molecule has 1 aromatic heterocycles. The number of unbranched alkanes of at least 4 members (excludes halogenated alkanes) is 8. The molecule has 190 valence electrons. The highest BCUT2D eigenvalue weighted by Crippen LogP contribution is 2.23. The van der Waals surface area contributed by atoms with Crippen LogP contribution in [0.15, 0.2) is 22.6 Å². The van der Waals surface area contributed by atoms with Crippen LogP contribution in [-0.4, -0.2) is 42.2 Å². The summed E-state index contributed by atoms with van der Waals surface area (Å²) in [6.45, 7) is 7.22. The minimum atomic E-state index is -0.165. The van der Waals surface area contributed by atoms with Crippen molar-refractivity contribution in [2.45, 2.75) is 97.3 Å². The van der Waals surface area contributed by atoms with Crippen LogP contribution in [-0.2, 0) is 11.2 Å². The number of likely N-dealkylation sites (tertiary alicyclic amines) is 1. The summed E-state index contributed by atoms with van der Waals surface area (Å²) in [6, 6.07) is 7.00. The molecule has 0 unspecified atom stereocenters. The van der Waals surface area contributed by atoms with Gasteiger partial charge in [0.1, 0.15) is 5.52 Å². The van der Waals surface area contributed by atoms with Crippen LogP contribution in [0.25, 0.3) is 11.1 Å². The Morgan fingerprint density at radius 3 is 2.47 bits per heavy atom. The second-order valence-electron chi connectivity index (χ2n) is 9.83. The average molecular weight is 472 g/mol. The number of benzene rings is 1. The van der Waals surface area contributed by atoms with Gasteiger partial charge in [-0.1, -0.05) is 71.3 Å². The molecule has 1 N–H and O–H groups in total. The van der Waals surface area contributed by atoms with Gasteiger partial charge in [0.15, 0.2) is 5.58 Å². The summed E-state index contributed by atoms with van der Waals surface area (Å²) in [7, 11) is 0. The molecule has 6 nitrogen and oxygen atoms in total. The summed E-state index contributed by atoms with van der Waals surface area (Å²) in [5, 5.41) is 3.38. The number of aryl methyl sites for hydroxylation is 1. The third-order valence-corrected chi connectivity index (χ3v) is 6.91. The number of ether oxygens (including phenoxy) is 1. The second kappa shape index (κ2) is 14.9. The van der Waals surface area contributed by atoms with Gasteiger partial charge in [-0.3, -0.25) is 0 Å². The molecule has 2 aromatic rings. The number of anilines is 1. The van der Waals surface area contributed by atoms with Crippen molar-refractivity contribution in [1.82, 2.24) is 9.88 Å². The van der Waals surface area contributed by atoms with Crippen molar-refractivity contribution in [3.05, 3.63) is 23.8 Å². The van der Waals surface area contributed by atoms with Crippen LogP contribution in [0.1, 0.15) is 96.5 Å². The predicted octanol–water partition coefficient (Wildman–Crippen LogP) is 7.57. The zero-order valence-electron chi connectivity index (χ0n) is 21.4. The Bertz CT molecular complexity index is 843. The van der Waals surface area contributed by atoms with Crippen LogP contribution in [0.5, 0.6) is 0 Å². The molecule has 0 radical (unpaired) electrons. The van der Waals surface area contributed by atoms with E-state index < -0.39 is 0 Å². The lowest BCUT2D eigenvalue weighted by atomic mass is 9.97. The Kier molecular flexibility index (Phi) is 11.6. The topological polar surface area (TPSA) is 67.6 Å². The minimum absolute atomic E-state index is 0.165. The van der Waals surface area contributed by atoms with Gasteiger partial charge in [-0.2, -0.15) is 4.98 Å². The molecule has 1 saturated heterocycles. The van der Waals surface area contributed by atoms with Crippen LogP contribution < -0.4 is 5.32 Å². The van der Waals surface area contributed by atoms with E-state index in [1.807, 2.05) is 4.90 Å². The van der Waals surface area contributed by atoms with Crippen molar-refractivity contribution in [3.8, 4) is 0 Å². The third-order valence-electron chi connectivity index (χ3n) is 6.91. The van der Waals surface area contributed by atoms with Gasteiger partial charge >= 0.3 is 6.09 Å². The Balaban J connectivity index is 1.35. The Morgan fingerprint density at radius 1 is 1.03 bits per heavy atom. The molecule has 0 saturated carbocycles. The van der Waals surface area contributed by atoms with Crippen molar-refractivity contribution >= 4 is 23.2 Å². The molecule has 3 rings (SSSR count). The van der Waals surface area contributed by atoms with E-state index >= 15 is 0 Å². The molecular weight excluding hydrogens is 426 g/mol. The van der Waals surface area contributed by atoms with Crippen molar-refractivity contribution < 1.29 is 13.9 Å². The van der Waals surface area contributed by atoms with Gasteiger partial charge in [0.2, 0.25) is 0 Å². The van der Waals surface area contributed by atoms with Crippen molar-refractivity contribution in [2.24, 2.45) is 5.92 Å². The smallest absolute Gasteiger partial charge is 0.409 e. The number of fused-ring (bicyclic) bond motifs is 1. The zero-order chi connectivity index (χ0) is 24.0. The highest BCUT2D eigenvalue weighted by Gasteiger charge is 2.24. The molecule has 0 aliphatic carbocycles. The molecule has 1 amide bonds. The van der Waals surface area contributed by atoms with E-state index in [1.165, 1.54) is 56.9 Å². The standard InChI is InChI=1S/C28H45N3O3/c1-3-5-7-8-9-10-11-12-13-23-14-15-26-25(21-23)30-27(34-26)29-22-24-16-18-31(19-17-24)28(32)33-20-6-4-2/h14-15,21,24H,3-13,16-20,22H2,1-2H3,(H,29,30). The van der Waals surface area contributed by atoms with E-state index in [0.29, 0.717) is 18.5 Å². The molecule has 1 aliphatic rings. The summed E-state index contributed by atoms with van der Waals surface area (Å²) >= 11 is 0. The highest BCUT2D eigenvalue weighted by atomic mass is 16.6. The van der Waals surface area contributed by atoms with E-state index in [1.54, 1.807) is 0 Å². The maximum Gasteiger partial charge on any atom is 0.409 e. The number of nitrogens with zero attached hydrogens (tertiary/aromatic N) is 2. The fraction of sp³-hybridized carbons (Fsp3) is 0.714. The Morgan fingerprint density at radius 2 is 1.74 bits per heavy atom. The van der Waals surface area contributed by atoms with Gasteiger partial charge in [0, 0.05) is 19.6 Å². The first-order chi connectivity index (χ1) is 16.7. The third kappa shape index (κ3) is 8.84. The normalized spacial score (nSPS) is 14.6. The Labute approximate surface area is 205 Å². The lowest BCUT2D eigenvalue weighted by Gasteiger charge is -2.31. The van der Waals surface area contributed by atoms with E-state index in [2.05, 4.69) is 42.3 Å². The molecule has 1 aromatic carbocycles. The maximum absolute atomic E-state index is 12.1. The molecule has 0 spiro atoms. The summed E-state index contributed by atoms with van der Waals surface area (Å²) in [6.07, 6.45) is 15.6. The summed E-state index contributed by atoms with van der Waals surface area (Å²) in [5.41, 5.74) is 3.12. The number of rotatable bonds is 15. The number of oxazole rings is 1. The van der Waals surface area contributed by atoms with Gasteiger partial charge in [-0.15, -0.1) is 0 Å². The molecule has 34 heavy (non-hydrogen) atoms. The first-order valence-corrected chi connectivity index (χ1v) is 13.7. The molecule has 1 aliphatic heterocycles. The summed E-state index contributed by atoms with van der Waals surface area (Å²) in [4.78, 5) is 18.6. The summed E-state index contributed by atoms with van der Waals surface area (Å²) < 4.78 is 11.2. The van der Waals surface area contributed by atoms with Gasteiger partial charge in [0.05, 0.1) is 6.61 Å². The number of nitrogens with one attached hydrogen (secondary N) is 1. The minimum Gasteiger partial charge on any atom is -0.449 e. The first kappa shape index (κ1) is 26.4.